The van der Waals surface area contributed by atoms with E-state index in [4.69, 9.17) is 5.73 Å². The van der Waals surface area contributed by atoms with Crippen LogP contribution in [0.5, 0.6) is 5.75 Å². The van der Waals surface area contributed by atoms with E-state index in [1.807, 2.05) is 0 Å². The van der Waals surface area contributed by atoms with Crippen LogP contribution < -0.4 is 10.5 Å². The van der Waals surface area contributed by atoms with Gasteiger partial charge in [0, 0.05) is 6.20 Å². The standard InChI is InChI=1S/C11H10F2N2O2S/c12-10(13)17-7-3-1-6(2-4-7)9(16)8-5-15-11(14)18-8/h1-5,9-10,16H,(H2,14,15). The number of aliphatic hydroxyl groups is 1. The van der Waals surface area contributed by atoms with Gasteiger partial charge in [-0.3, -0.25) is 0 Å². The van der Waals surface area contributed by atoms with Gasteiger partial charge in [0.05, 0.1) is 4.88 Å². The number of hydrogen-bond donors (Lipinski definition) is 2. The Morgan fingerprint density at radius 1 is 1.28 bits per heavy atom. The second-order valence-electron chi connectivity index (χ2n) is 3.45. The zero-order chi connectivity index (χ0) is 13.1. The molecule has 3 N–H and O–H groups in total. The molecule has 2 aromatic rings. The molecule has 4 nitrogen and oxygen atoms in total. The number of nitrogen functional groups attached to an aromatic ring is 1. The summed E-state index contributed by atoms with van der Waals surface area (Å²) in [5.74, 6) is 0.0461. The molecule has 0 radical (unpaired) electrons. The maximum absolute atomic E-state index is 12.0. The smallest absolute Gasteiger partial charge is 0.387 e. The van der Waals surface area contributed by atoms with Gasteiger partial charge >= 0.3 is 6.61 Å². The van der Waals surface area contributed by atoms with Crippen LogP contribution in [0.4, 0.5) is 13.9 Å². The quantitative estimate of drug-likeness (QED) is 0.896. The molecular formula is C11H10F2N2O2S. The van der Waals surface area contributed by atoms with Crippen molar-refractivity contribution in [2.45, 2.75) is 12.7 Å². The molecule has 0 fully saturated rings. The molecule has 0 aliphatic heterocycles. The average Bonchev–Trinajstić information content (AvgIpc) is 2.75. The lowest BCUT2D eigenvalue weighted by Gasteiger charge is -2.09. The van der Waals surface area contributed by atoms with E-state index in [-0.39, 0.29) is 5.75 Å². The molecule has 96 valence electrons. The third kappa shape index (κ3) is 2.93. The number of alkyl halides is 2. The SMILES string of the molecule is Nc1ncc(C(O)c2ccc(OC(F)F)cc2)s1. The van der Waals surface area contributed by atoms with Crippen molar-refractivity contribution in [3.05, 3.63) is 40.9 Å². The lowest BCUT2D eigenvalue weighted by molar-refractivity contribution is -0.0498. The predicted octanol–water partition coefficient (Wildman–Crippen LogP) is 2.41. The van der Waals surface area contributed by atoms with Crippen LogP contribution in [0, 0.1) is 0 Å². The number of benzene rings is 1. The molecule has 0 saturated heterocycles. The molecule has 0 amide bonds. The van der Waals surface area contributed by atoms with Crippen molar-refractivity contribution in [2.75, 3.05) is 5.73 Å². The largest absolute Gasteiger partial charge is 0.435 e. The highest BCUT2D eigenvalue weighted by atomic mass is 32.1. The van der Waals surface area contributed by atoms with Crippen LogP contribution in [0.3, 0.4) is 0 Å². The van der Waals surface area contributed by atoms with Gasteiger partial charge in [-0.1, -0.05) is 23.5 Å². The van der Waals surface area contributed by atoms with Crippen LogP contribution in [0.1, 0.15) is 16.5 Å². The lowest BCUT2D eigenvalue weighted by atomic mass is 10.1. The zero-order valence-corrected chi connectivity index (χ0v) is 9.90. The molecule has 2 rings (SSSR count). The van der Waals surface area contributed by atoms with E-state index >= 15 is 0 Å². The van der Waals surface area contributed by atoms with Gasteiger partial charge in [-0.05, 0) is 17.7 Å². The number of thiazole rings is 1. The fourth-order valence-corrected chi connectivity index (χ4v) is 2.12. The predicted molar refractivity (Wildman–Crippen MR) is 63.7 cm³/mol. The average molecular weight is 272 g/mol. The summed E-state index contributed by atoms with van der Waals surface area (Å²) in [4.78, 5) is 4.43. The van der Waals surface area contributed by atoms with Crippen LogP contribution in [0.15, 0.2) is 30.5 Å². The summed E-state index contributed by atoms with van der Waals surface area (Å²) in [5, 5.41) is 10.4. The maximum Gasteiger partial charge on any atom is 0.387 e. The van der Waals surface area contributed by atoms with Gasteiger partial charge in [-0.25, -0.2) is 4.98 Å². The minimum Gasteiger partial charge on any atom is -0.435 e. The number of rotatable bonds is 4. The van der Waals surface area contributed by atoms with Crippen molar-refractivity contribution in [3.8, 4) is 5.75 Å². The summed E-state index contributed by atoms with van der Waals surface area (Å²) in [5.41, 5.74) is 6.02. The van der Waals surface area contributed by atoms with Crippen molar-refractivity contribution >= 4 is 16.5 Å². The number of halogens is 2. The van der Waals surface area contributed by atoms with E-state index in [0.29, 0.717) is 15.6 Å². The van der Waals surface area contributed by atoms with Gasteiger partial charge in [0.25, 0.3) is 0 Å². The first kappa shape index (κ1) is 12.7. The second-order valence-corrected chi connectivity index (χ2v) is 4.54. The van der Waals surface area contributed by atoms with E-state index in [2.05, 4.69) is 9.72 Å². The van der Waals surface area contributed by atoms with Crippen molar-refractivity contribution in [2.24, 2.45) is 0 Å². The summed E-state index contributed by atoms with van der Waals surface area (Å²) in [6, 6.07) is 5.76. The van der Waals surface area contributed by atoms with E-state index in [1.54, 1.807) is 0 Å². The van der Waals surface area contributed by atoms with Crippen molar-refractivity contribution in [1.29, 1.82) is 0 Å². The highest BCUT2D eigenvalue weighted by Gasteiger charge is 2.14. The number of aromatic nitrogens is 1. The van der Waals surface area contributed by atoms with Gasteiger partial charge < -0.3 is 15.6 Å². The number of anilines is 1. The van der Waals surface area contributed by atoms with E-state index < -0.39 is 12.7 Å². The van der Waals surface area contributed by atoms with E-state index in [1.165, 1.54) is 41.8 Å². The molecule has 0 saturated carbocycles. The minimum atomic E-state index is -2.86. The Morgan fingerprint density at radius 3 is 2.44 bits per heavy atom. The Bertz CT molecular complexity index is 516. The van der Waals surface area contributed by atoms with Gasteiger partial charge in [-0.15, -0.1) is 0 Å². The molecule has 1 aromatic carbocycles. The third-order valence-corrected chi connectivity index (χ3v) is 3.11. The Balaban J connectivity index is 2.14. The number of aliphatic hydroxyl groups excluding tert-OH is 1. The van der Waals surface area contributed by atoms with Gasteiger partial charge in [0.2, 0.25) is 0 Å². The number of nitrogens with zero attached hydrogens (tertiary/aromatic N) is 1. The van der Waals surface area contributed by atoms with Crippen LogP contribution in [0.2, 0.25) is 0 Å². The topological polar surface area (TPSA) is 68.4 Å². The van der Waals surface area contributed by atoms with Crippen LogP contribution in [-0.2, 0) is 0 Å². The molecule has 18 heavy (non-hydrogen) atoms. The molecule has 1 heterocycles. The molecule has 7 heteroatoms. The molecule has 1 aromatic heterocycles. The number of ether oxygens (including phenoxy) is 1. The highest BCUT2D eigenvalue weighted by molar-refractivity contribution is 7.15. The van der Waals surface area contributed by atoms with Gasteiger partial charge in [0.1, 0.15) is 11.9 Å². The number of hydrogen-bond acceptors (Lipinski definition) is 5. The van der Waals surface area contributed by atoms with E-state index in [0.717, 1.165) is 0 Å². The zero-order valence-electron chi connectivity index (χ0n) is 9.09. The normalized spacial score (nSPS) is 12.7. The van der Waals surface area contributed by atoms with Crippen molar-refractivity contribution in [3.63, 3.8) is 0 Å². The molecule has 1 unspecified atom stereocenters. The fraction of sp³-hybridized carbons (Fsp3) is 0.182. The van der Waals surface area contributed by atoms with Crippen molar-refractivity contribution < 1.29 is 18.6 Å². The fourth-order valence-electron chi connectivity index (χ4n) is 1.42. The highest BCUT2D eigenvalue weighted by Crippen LogP contribution is 2.28. The monoisotopic (exact) mass is 272 g/mol. The maximum atomic E-state index is 12.0. The molecule has 0 spiro atoms. The number of nitrogens with two attached hydrogens (primary N) is 1. The Kier molecular flexibility index (Phi) is 3.73. The summed E-state index contributed by atoms with van der Waals surface area (Å²) in [6.07, 6.45) is 0.606. The van der Waals surface area contributed by atoms with Crippen LogP contribution in [0.25, 0.3) is 0 Å². The first-order chi connectivity index (χ1) is 8.56. The summed E-state index contributed by atoms with van der Waals surface area (Å²) < 4.78 is 28.1. The van der Waals surface area contributed by atoms with Crippen molar-refractivity contribution in [1.82, 2.24) is 4.98 Å². The summed E-state index contributed by atoms with van der Waals surface area (Å²) in [6.45, 7) is -2.86. The summed E-state index contributed by atoms with van der Waals surface area (Å²) >= 11 is 1.17. The third-order valence-electron chi connectivity index (χ3n) is 2.23. The Hall–Kier alpha value is -1.73. The van der Waals surface area contributed by atoms with Gasteiger partial charge in [0.15, 0.2) is 5.13 Å². The minimum absolute atomic E-state index is 0.0461. The summed E-state index contributed by atoms with van der Waals surface area (Å²) in [7, 11) is 0. The van der Waals surface area contributed by atoms with Crippen LogP contribution in [-0.4, -0.2) is 16.7 Å². The van der Waals surface area contributed by atoms with Gasteiger partial charge in [-0.2, -0.15) is 8.78 Å². The molecule has 0 aliphatic rings. The first-order valence-corrected chi connectivity index (χ1v) is 5.82. The molecular weight excluding hydrogens is 262 g/mol. The first-order valence-electron chi connectivity index (χ1n) is 5.00. The lowest BCUT2D eigenvalue weighted by Crippen LogP contribution is -2.02. The Morgan fingerprint density at radius 2 is 1.94 bits per heavy atom. The van der Waals surface area contributed by atoms with Crippen LogP contribution >= 0.6 is 11.3 Å². The van der Waals surface area contributed by atoms with E-state index in [9.17, 15) is 13.9 Å². The second kappa shape index (κ2) is 5.28. The Labute approximate surface area is 106 Å². The molecule has 0 bridgehead atoms. The molecule has 0 aliphatic carbocycles. The molecule has 1 atom stereocenters.